The lowest BCUT2D eigenvalue weighted by molar-refractivity contribution is 0.298. The summed E-state index contributed by atoms with van der Waals surface area (Å²) in [4.78, 5) is 0. The summed E-state index contributed by atoms with van der Waals surface area (Å²) in [6.07, 6.45) is 0. The van der Waals surface area contributed by atoms with Crippen LogP contribution in [0.15, 0.2) is 18.2 Å². The summed E-state index contributed by atoms with van der Waals surface area (Å²) in [6.45, 7) is 2.21. The number of phenolic OH excluding ortho intramolecular Hbond substituents is 2. The lowest BCUT2D eigenvalue weighted by Crippen LogP contribution is -1.91. The second-order valence-corrected chi connectivity index (χ2v) is 2.06. The average molecular weight is 154 g/mol. The van der Waals surface area contributed by atoms with Crippen LogP contribution in [-0.4, -0.2) is 16.8 Å². The minimum atomic E-state index is -0.0353. The van der Waals surface area contributed by atoms with Crippen molar-refractivity contribution in [3.63, 3.8) is 0 Å². The Kier molecular flexibility index (Phi) is 2.21. The summed E-state index contributed by atoms with van der Waals surface area (Å²) in [6, 6.07) is 4.47. The number of ether oxygens (including phenoxy) is 1. The number of aromatic hydroxyl groups is 2. The van der Waals surface area contributed by atoms with Crippen LogP contribution in [0.4, 0.5) is 0 Å². The van der Waals surface area contributed by atoms with Gasteiger partial charge in [0.25, 0.3) is 0 Å². The molecule has 0 saturated carbocycles. The fourth-order valence-electron chi connectivity index (χ4n) is 0.805. The maximum atomic E-state index is 9.14. The molecule has 0 radical (unpaired) electrons. The van der Waals surface area contributed by atoms with E-state index in [9.17, 15) is 0 Å². The predicted molar refractivity (Wildman–Crippen MR) is 40.9 cm³/mol. The molecule has 1 rings (SSSR count). The largest absolute Gasteiger partial charge is 0.504 e. The minimum absolute atomic E-state index is 0.0353. The third-order valence-corrected chi connectivity index (χ3v) is 1.26. The predicted octanol–water partition coefficient (Wildman–Crippen LogP) is 1.50. The molecular weight excluding hydrogens is 144 g/mol. The van der Waals surface area contributed by atoms with Crippen LogP contribution in [0.3, 0.4) is 0 Å². The van der Waals surface area contributed by atoms with Gasteiger partial charge in [-0.1, -0.05) is 6.07 Å². The van der Waals surface area contributed by atoms with E-state index in [0.29, 0.717) is 6.61 Å². The molecule has 0 bridgehead atoms. The molecule has 0 aromatic heterocycles. The summed E-state index contributed by atoms with van der Waals surface area (Å²) < 4.78 is 4.97. The molecule has 2 N–H and O–H groups in total. The maximum absolute atomic E-state index is 9.14. The van der Waals surface area contributed by atoms with Crippen LogP contribution >= 0.6 is 0 Å². The molecule has 3 nitrogen and oxygen atoms in total. The van der Waals surface area contributed by atoms with Crippen LogP contribution in [0.1, 0.15) is 6.92 Å². The van der Waals surface area contributed by atoms with Gasteiger partial charge in [-0.3, -0.25) is 0 Å². The zero-order valence-corrected chi connectivity index (χ0v) is 6.24. The van der Waals surface area contributed by atoms with Gasteiger partial charge >= 0.3 is 0 Å². The highest BCUT2D eigenvalue weighted by Crippen LogP contribution is 2.34. The van der Waals surface area contributed by atoms with Gasteiger partial charge in [0, 0.05) is 0 Å². The smallest absolute Gasteiger partial charge is 0.203 e. The third-order valence-electron chi connectivity index (χ3n) is 1.26. The van der Waals surface area contributed by atoms with Gasteiger partial charge in [-0.15, -0.1) is 0 Å². The Hall–Kier alpha value is -1.38. The molecule has 60 valence electrons. The molecule has 0 spiro atoms. The van der Waals surface area contributed by atoms with Gasteiger partial charge in [0.2, 0.25) is 5.75 Å². The Balaban J connectivity index is 3.00. The molecule has 0 fully saturated rings. The molecule has 1 aromatic carbocycles. The van der Waals surface area contributed by atoms with E-state index < -0.39 is 0 Å². The van der Waals surface area contributed by atoms with E-state index in [1.54, 1.807) is 13.0 Å². The minimum Gasteiger partial charge on any atom is -0.504 e. The van der Waals surface area contributed by atoms with Crippen molar-refractivity contribution >= 4 is 0 Å². The normalized spacial score (nSPS) is 9.55. The van der Waals surface area contributed by atoms with E-state index in [2.05, 4.69) is 0 Å². The molecule has 0 aliphatic heterocycles. The van der Waals surface area contributed by atoms with E-state index in [-0.39, 0.29) is 17.2 Å². The second kappa shape index (κ2) is 3.14. The van der Waals surface area contributed by atoms with Crippen molar-refractivity contribution in [1.82, 2.24) is 0 Å². The number of hydrogen-bond acceptors (Lipinski definition) is 3. The average Bonchev–Trinajstić information content (AvgIpc) is 1.97. The number of rotatable bonds is 2. The van der Waals surface area contributed by atoms with Gasteiger partial charge < -0.3 is 14.9 Å². The van der Waals surface area contributed by atoms with E-state index in [1.165, 1.54) is 12.1 Å². The molecular formula is C8H10O3. The van der Waals surface area contributed by atoms with E-state index in [1.807, 2.05) is 0 Å². The topological polar surface area (TPSA) is 49.7 Å². The standard InChI is InChI=1S/C8H10O3/c1-2-11-8-6(9)4-3-5-7(8)10/h3-5,9-10H,2H2,1H3. The Morgan fingerprint density at radius 2 is 1.82 bits per heavy atom. The van der Waals surface area contributed by atoms with Gasteiger partial charge in [0.15, 0.2) is 11.5 Å². The van der Waals surface area contributed by atoms with Crippen molar-refractivity contribution in [3.8, 4) is 17.2 Å². The first-order valence-electron chi connectivity index (χ1n) is 3.39. The Bertz CT molecular complexity index is 225. The quantitative estimate of drug-likeness (QED) is 0.678. The van der Waals surface area contributed by atoms with Crippen LogP contribution in [0.5, 0.6) is 17.2 Å². The fraction of sp³-hybridized carbons (Fsp3) is 0.250. The first-order chi connectivity index (χ1) is 5.25. The van der Waals surface area contributed by atoms with Crippen LogP contribution in [0.2, 0.25) is 0 Å². The Morgan fingerprint density at radius 1 is 1.27 bits per heavy atom. The Morgan fingerprint density at radius 3 is 2.27 bits per heavy atom. The van der Waals surface area contributed by atoms with Gasteiger partial charge in [-0.05, 0) is 19.1 Å². The van der Waals surface area contributed by atoms with E-state index >= 15 is 0 Å². The van der Waals surface area contributed by atoms with Crippen molar-refractivity contribution in [2.75, 3.05) is 6.61 Å². The maximum Gasteiger partial charge on any atom is 0.203 e. The van der Waals surface area contributed by atoms with Gasteiger partial charge in [-0.25, -0.2) is 0 Å². The molecule has 0 amide bonds. The van der Waals surface area contributed by atoms with Crippen molar-refractivity contribution in [2.24, 2.45) is 0 Å². The molecule has 11 heavy (non-hydrogen) atoms. The first-order valence-corrected chi connectivity index (χ1v) is 3.39. The summed E-state index contributed by atoms with van der Waals surface area (Å²) in [5.41, 5.74) is 0. The lowest BCUT2D eigenvalue weighted by Gasteiger charge is -2.06. The SMILES string of the molecule is CCOc1c(O)cccc1O. The highest BCUT2D eigenvalue weighted by molar-refractivity contribution is 5.49. The molecule has 0 unspecified atom stereocenters. The monoisotopic (exact) mass is 154 g/mol. The molecule has 0 aliphatic rings. The molecule has 0 aliphatic carbocycles. The summed E-state index contributed by atoms with van der Waals surface area (Å²) in [5.74, 6) is 0.0775. The van der Waals surface area contributed by atoms with Crippen LogP contribution in [0, 0.1) is 0 Å². The molecule has 0 saturated heterocycles. The zero-order valence-electron chi connectivity index (χ0n) is 6.24. The van der Waals surface area contributed by atoms with E-state index in [0.717, 1.165) is 0 Å². The lowest BCUT2D eigenvalue weighted by atomic mass is 10.3. The van der Waals surface area contributed by atoms with E-state index in [4.69, 9.17) is 14.9 Å². The molecule has 1 aromatic rings. The van der Waals surface area contributed by atoms with Gasteiger partial charge in [0.05, 0.1) is 6.61 Å². The second-order valence-electron chi connectivity index (χ2n) is 2.06. The van der Waals surface area contributed by atoms with Gasteiger partial charge in [-0.2, -0.15) is 0 Å². The molecule has 3 heteroatoms. The van der Waals surface area contributed by atoms with Crippen LogP contribution in [0.25, 0.3) is 0 Å². The Labute approximate surface area is 64.9 Å². The fourth-order valence-corrected chi connectivity index (χ4v) is 0.805. The number of phenols is 2. The first kappa shape index (κ1) is 7.72. The van der Waals surface area contributed by atoms with Crippen molar-refractivity contribution in [1.29, 1.82) is 0 Å². The third kappa shape index (κ3) is 1.55. The van der Waals surface area contributed by atoms with Crippen LogP contribution in [-0.2, 0) is 0 Å². The number of hydrogen-bond donors (Lipinski definition) is 2. The van der Waals surface area contributed by atoms with Crippen LogP contribution < -0.4 is 4.74 Å². The zero-order chi connectivity index (χ0) is 8.27. The summed E-state index contributed by atoms with van der Waals surface area (Å²) in [5, 5.41) is 18.3. The van der Waals surface area contributed by atoms with Crippen molar-refractivity contribution in [2.45, 2.75) is 6.92 Å². The summed E-state index contributed by atoms with van der Waals surface area (Å²) in [7, 11) is 0. The number of para-hydroxylation sites is 1. The van der Waals surface area contributed by atoms with Crippen molar-refractivity contribution < 1.29 is 14.9 Å². The van der Waals surface area contributed by atoms with Crippen molar-refractivity contribution in [3.05, 3.63) is 18.2 Å². The summed E-state index contributed by atoms with van der Waals surface area (Å²) >= 11 is 0. The highest BCUT2D eigenvalue weighted by atomic mass is 16.5. The van der Waals surface area contributed by atoms with Gasteiger partial charge in [0.1, 0.15) is 0 Å². The molecule has 0 atom stereocenters. The number of benzene rings is 1. The highest BCUT2D eigenvalue weighted by Gasteiger charge is 2.05. The molecule has 0 heterocycles.